The number of nitrogens with one attached hydrogen (secondary N) is 2. The molecule has 8 heteroatoms. The Kier molecular flexibility index (Phi) is 3.65. The largest absolute Gasteiger partial charge is 1.00 e. The van der Waals surface area contributed by atoms with E-state index in [1.165, 1.54) is 4.98 Å². The van der Waals surface area contributed by atoms with Crippen LogP contribution in [-0.2, 0) is 0 Å². The summed E-state index contributed by atoms with van der Waals surface area (Å²) in [4.78, 5) is 33.9. The van der Waals surface area contributed by atoms with Crippen molar-refractivity contribution >= 4 is 5.97 Å². The Morgan fingerprint density at radius 3 is 2.31 bits per heavy atom. The van der Waals surface area contributed by atoms with Gasteiger partial charge in [0, 0.05) is 0 Å². The Morgan fingerprint density at radius 2 is 1.85 bits per heavy atom. The molecule has 1 aromatic rings. The summed E-state index contributed by atoms with van der Waals surface area (Å²) in [6, 6.07) is 0. The minimum atomic E-state index is -1.95. The summed E-state index contributed by atoms with van der Waals surface area (Å²) in [6.07, 6.45) is 0. The third kappa shape index (κ3) is 2.30. The topological polar surface area (TPSA) is 106 Å². The Morgan fingerprint density at radius 1 is 1.31 bits per heavy atom. The van der Waals surface area contributed by atoms with E-state index in [2.05, 4.69) is 0 Å². The number of carboxylic acids is 1. The quantitative estimate of drug-likeness (QED) is 0.420. The second-order valence-corrected chi connectivity index (χ2v) is 1.88. The van der Waals surface area contributed by atoms with Gasteiger partial charge in [-0.15, -0.1) is 0 Å². The number of aromatic carboxylic acids is 1. The van der Waals surface area contributed by atoms with Crippen molar-refractivity contribution in [2.24, 2.45) is 0 Å². The molecule has 64 valence electrons. The molecule has 0 fully saturated rings. The minimum Gasteiger partial charge on any atom is -0.543 e. The maximum Gasteiger partial charge on any atom is 1.00 e. The molecule has 0 unspecified atom stereocenters. The van der Waals surface area contributed by atoms with Gasteiger partial charge in [-0.3, -0.25) is 9.78 Å². The third-order valence-electron chi connectivity index (χ3n) is 1.09. The average molecular weight is 180 g/mol. The summed E-state index contributed by atoms with van der Waals surface area (Å²) in [6.45, 7) is 0. The van der Waals surface area contributed by atoms with Crippen molar-refractivity contribution in [3.8, 4) is 0 Å². The van der Waals surface area contributed by atoms with Crippen molar-refractivity contribution in [3.05, 3.63) is 32.3 Å². The van der Waals surface area contributed by atoms with E-state index in [1.807, 2.05) is 0 Å². The maximum absolute atomic E-state index is 12.5. The van der Waals surface area contributed by atoms with E-state index >= 15 is 0 Å². The molecule has 0 aromatic carbocycles. The molecule has 0 aliphatic carbocycles. The number of H-pyrrole nitrogens is 2. The van der Waals surface area contributed by atoms with E-state index in [-0.39, 0.29) is 18.9 Å². The molecule has 0 atom stereocenters. The van der Waals surface area contributed by atoms with Crippen LogP contribution in [0, 0.1) is 5.82 Å². The number of hydrogen-bond acceptors (Lipinski definition) is 4. The standard InChI is InChI=1S/C5H3FN2O4.Li/c6-1-2(4(10)11)7-5(12)8-3(1)9;/h(H,10,11)(H2,7,8,9,12);/q;+1/p-1. The van der Waals surface area contributed by atoms with Crippen LogP contribution in [0.3, 0.4) is 0 Å². The number of carbonyl (C=O) groups excluding carboxylic acids is 1. The van der Waals surface area contributed by atoms with E-state index in [0.717, 1.165) is 0 Å². The van der Waals surface area contributed by atoms with Crippen LogP contribution in [0.15, 0.2) is 9.59 Å². The first-order valence-corrected chi connectivity index (χ1v) is 2.76. The maximum atomic E-state index is 12.5. The predicted molar refractivity (Wildman–Crippen MR) is 32.0 cm³/mol. The number of halogens is 1. The monoisotopic (exact) mass is 180 g/mol. The molecule has 13 heavy (non-hydrogen) atoms. The van der Waals surface area contributed by atoms with Gasteiger partial charge in [-0.05, 0) is 0 Å². The van der Waals surface area contributed by atoms with Crippen LogP contribution in [0.5, 0.6) is 0 Å². The summed E-state index contributed by atoms with van der Waals surface area (Å²) < 4.78 is 12.5. The van der Waals surface area contributed by atoms with Gasteiger partial charge in [0.05, 0.1) is 5.97 Å². The van der Waals surface area contributed by atoms with Crippen LogP contribution in [0.1, 0.15) is 10.5 Å². The normalized spacial score (nSPS) is 9.00. The predicted octanol–water partition coefficient (Wildman–Crippen LogP) is -5.43. The summed E-state index contributed by atoms with van der Waals surface area (Å²) in [5.74, 6) is -3.52. The number of carboxylic acid groups (broad SMARTS) is 1. The Bertz CT molecular complexity index is 437. The van der Waals surface area contributed by atoms with Crippen LogP contribution >= 0.6 is 0 Å². The van der Waals surface area contributed by atoms with Gasteiger partial charge in [-0.25, -0.2) is 4.79 Å². The van der Waals surface area contributed by atoms with Gasteiger partial charge in [-0.2, -0.15) is 4.39 Å². The Labute approximate surface area is 82.0 Å². The van der Waals surface area contributed by atoms with E-state index in [4.69, 9.17) is 0 Å². The van der Waals surface area contributed by atoms with Crippen molar-refractivity contribution in [2.75, 3.05) is 0 Å². The molecule has 1 rings (SSSR count). The molecular weight excluding hydrogens is 178 g/mol. The van der Waals surface area contributed by atoms with Crippen molar-refractivity contribution in [1.29, 1.82) is 0 Å². The molecule has 0 aliphatic rings. The zero-order valence-corrected chi connectivity index (χ0v) is 6.51. The second kappa shape index (κ2) is 4.07. The van der Waals surface area contributed by atoms with Gasteiger partial charge in [0.15, 0.2) is 0 Å². The second-order valence-electron chi connectivity index (χ2n) is 1.88. The van der Waals surface area contributed by atoms with Crippen LogP contribution in [0.2, 0.25) is 0 Å². The van der Waals surface area contributed by atoms with E-state index in [9.17, 15) is 23.9 Å². The molecule has 0 amide bonds. The van der Waals surface area contributed by atoms with Crippen LogP contribution < -0.4 is 35.2 Å². The average Bonchev–Trinajstić information content (AvgIpc) is 1.96. The smallest absolute Gasteiger partial charge is 0.543 e. The van der Waals surface area contributed by atoms with E-state index < -0.39 is 28.7 Å². The van der Waals surface area contributed by atoms with Gasteiger partial charge in [0.1, 0.15) is 5.69 Å². The number of hydrogen-bond donors (Lipinski definition) is 2. The van der Waals surface area contributed by atoms with Crippen LogP contribution in [0.25, 0.3) is 0 Å². The Hall–Kier alpha value is -1.32. The summed E-state index contributed by atoms with van der Waals surface area (Å²) >= 11 is 0. The number of rotatable bonds is 1. The SMILES string of the molecule is O=C([O-])c1[nH]c(=O)[nH]c(=O)c1F.[Li+]. The summed E-state index contributed by atoms with van der Waals surface area (Å²) in [5.41, 5.74) is -3.64. The van der Waals surface area contributed by atoms with Crippen molar-refractivity contribution < 1.29 is 33.2 Å². The zero-order chi connectivity index (χ0) is 9.30. The number of aromatic amines is 2. The molecule has 0 saturated heterocycles. The number of carbonyl (C=O) groups is 1. The molecular formula is C5H2FLiN2O4. The third-order valence-corrected chi connectivity index (χ3v) is 1.09. The van der Waals surface area contributed by atoms with Crippen molar-refractivity contribution in [3.63, 3.8) is 0 Å². The molecule has 2 N–H and O–H groups in total. The molecule has 1 aromatic heterocycles. The van der Waals surface area contributed by atoms with Gasteiger partial charge < -0.3 is 14.9 Å². The van der Waals surface area contributed by atoms with E-state index in [1.54, 1.807) is 4.98 Å². The molecule has 0 radical (unpaired) electrons. The first kappa shape index (κ1) is 11.7. The molecule has 0 aliphatic heterocycles. The summed E-state index contributed by atoms with van der Waals surface area (Å²) in [5, 5.41) is 10.1. The Balaban J connectivity index is 0.00000144. The minimum absolute atomic E-state index is 0. The number of aromatic nitrogens is 2. The first-order chi connectivity index (χ1) is 5.52. The van der Waals surface area contributed by atoms with Gasteiger partial charge in [0.2, 0.25) is 5.82 Å². The van der Waals surface area contributed by atoms with Crippen molar-refractivity contribution in [1.82, 2.24) is 9.97 Å². The molecule has 0 bridgehead atoms. The molecule has 6 nitrogen and oxygen atoms in total. The van der Waals surface area contributed by atoms with Gasteiger partial charge in [0.25, 0.3) is 5.56 Å². The fraction of sp³-hybridized carbons (Fsp3) is 0. The zero-order valence-electron chi connectivity index (χ0n) is 6.51. The van der Waals surface area contributed by atoms with Crippen LogP contribution in [0.4, 0.5) is 4.39 Å². The summed E-state index contributed by atoms with van der Waals surface area (Å²) in [7, 11) is 0. The fourth-order valence-electron chi connectivity index (χ4n) is 0.612. The van der Waals surface area contributed by atoms with Gasteiger partial charge in [-0.1, -0.05) is 0 Å². The van der Waals surface area contributed by atoms with Crippen molar-refractivity contribution in [2.45, 2.75) is 0 Å². The molecule has 0 spiro atoms. The van der Waals surface area contributed by atoms with Gasteiger partial charge >= 0.3 is 24.6 Å². The fourth-order valence-corrected chi connectivity index (χ4v) is 0.612. The molecule has 1 heterocycles. The van der Waals surface area contributed by atoms with E-state index in [0.29, 0.717) is 0 Å². The van der Waals surface area contributed by atoms with Crippen LogP contribution in [-0.4, -0.2) is 15.9 Å². The first-order valence-electron chi connectivity index (χ1n) is 2.76. The molecule has 0 saturated carbocycles.